The molecular weight excluding hydrogens is 397 g/mol. The minimum atomic E-state index is -4.70. The van der Waals surface area contributed by atoms with Crippen LogP contribution in [0.1, 0.15) is 34.6 Å². The SMILES string of the molecule is Cc1ccc(C(=O)NC2CC2)cc1NC(=O)Cn1c(C(F)(F)F)nc2ccccc21. The Morgan fingerprint density at radius 2 is 1.90 bits per heavy atom. The summed E-state index contributed by atoms with van der Waals surface area (Å²) >= 11 is 0. The number of anilines is 1. The van der Waals surface area contributed by atoms with Crippen LogP contribution in [0.2, 0.25) is 0 Å². The van der Waals surface area contributed by atoms with E-state index in [9.17, 15) is 22.8 Å². The van der Waals surface area contributed by atoms with Crippen molar-refractivity contribution in [3.8, 4) is 0 Å². The summed E-state index contributed by atoms with van der Waals surface area (Å²) in [5.74, 6) is -2.02. The van der Waals surface area contributed by atoms with Crippen molar-refractivity contribution in [3.63, 3.8) is 0 Å². The standard InChI is InChI=1S/C21H19F3N4O2/c1-12-6-7-13(19(30)25-14-8-9-14)10-16(12)26-18(29)11-28-17-5-3-2-4-15(17)27-20(28)21(22,23)24/h2-7,10,14H,8-9,11H2,1H3,(H,25,30)(H,26,29). The molecule has 3 aromatic rings. The minimum Gasteiger partial charge on any atom is -0.349 e. The Morgan fingerprint density at radius 1 is 1.17 bits per heavy atom. The molecule has 2 aromatic carbocycles. The summed E-state index contributed by atoms with van der Waals surface area (Å²) < 4.78 is 41.1. The second-order valence-electron chi connectivity index (χ2n) is 7.33. The van der Waals surface area contributed by atoms with Gasteiger partial charge in [0.1, 0.15) is 6.54 Å². The van der Waals surface area contributed by atoms with Crippen LogP contribution in [0.15, 0.2) is 42.5 Å². The maximum Gasteiger partial charge on any atom is 0.449 e. The topological polar surface area (TPSA) is 76.0 Å². The summed E-state index contributed by atoms with van der Waals surface area (Å²) in [4.78, 5) is 28.5. The number of aryl methyl sites for hydroxylation is 1. The zero-order valence-corrected chi connectivity index (χ0v) is 16.1. The highest BCUT2D eigenvalue weighted by molar-refractivity contribution is 5.98. The van der Waals surface area contributed by atoms with E-state index < -0.39 is 24.5 Å². The Hall–Kier alpha value is -3.36. The minimum absolute atomic E-state index is 0.160. The fourth-order valence-electron chi connectivity index (χ4n) is 3.18. The number of hydrogen-bond acceptors (Lipinski definition) is 3. The summed E-state index contributed by atoms with van der Waals surface area (Å²) in [6.45, 7) is 1.18. The van der Waals surface area contributed by atoms with E-state index in [0.717, 1.165) is 17.4 Å². The van der Waals surface area contributed by atoms with Crippen molar-refractivity contribution in [3.05, 3.63) is 59.4 Å². The van der Waals surface area contributed by atoms with Gasteiger partial charge in [-0.15, -0.1) is 0 Å². The van der Waals surface area contributed by atoms with Gasteiger partial charge in [0, 0.05) is 17.3 Å². The molecule has 0 unspecified atom stereocenters. The van der Waals surface area contributed by atoms with Crippen LogP contribution in [-0.2, 0) is 17.5 Å². The molecule has 0 saturated heterocycles. The Labute approximate surface area is 170 Å². The molecular formula is C21H19F3N4O2. The maximum atomic E-state index is 13.4. The number of rotatable bonds is 5. The molecule has 30 heavy (non-hydrogen) atoms. The van der Waals surface area contributed by atoms with E-state index in [2.05, 4.69) is 15.6 Å². The molecule has 1 fully saturated rings. The van der Waals surface area contributed by atoms with Crippen molar-refractivity contribution in [1.29, 1.82) is 0 Å². The second kappa shape index (κ2) is 7.47. The molecule has 6 nitrogen and oxygen atoms in total. The molecule has 2 N–H and O–H groups in total. The van der Waals surface area contributed by atoms with Gasteiger partial charge in [-0.1, -0.05) is 18.2 Å². The zero-order chi connectivity index (χ0) is 21.5. The molecule has 0 radical (unpaired) electrons. The van der Waals surface area contributed by atoms with E-state index in [-0.39, 0.29) is 23.0 Å². The number of carbonyl (C=O) groups excluding carboxylic acids is 2. The monoisotopic (exact) mass is 416 g/mol. The maximum absolute atomic E-state index is 13.4. The summed E-state index contributed by atoms with van der Waals surface area (Å²) in [7, 11) is 0. The average Bonchev–Trinajstić information content (AvgIpc) is 3.42. The van der Waals surface area contributed by atoms with Gasteiger partial charge >= 0.3 is 6.18 Å². The highest BCUT2D eigenvalue weighted by Gasteiger charge is 2.38. The van der Waals surface area contributed by atoms with Crippen LogP contribution in [-0.4, -0.2) is 27.4 Å². The summed E-state index contributed by atoms with van der Waals surface area (Å²) in [5, 5.41) is 5.48. The predicted octanol–water partition coefficient (Wildman–Crippen LogP) is 3.89. The summed E-state index contributed by atoms with van der Waals surface area (Å²) in [6.07, 6.45) is -2.81. The number of para-hydroxylation sites is 2. The van der Waals surface area contributed by atoms with Crippen molar-refractivity contribution in [2.45, 2.75) is 38.5 Å². The highest BCUT2D eigenvalue weighted by Crippen LogP contribution is 2.31. The number of benzene rings is 2. The fourth-order valence-corrected chi connectivity index (χ4v) is 3.18. The molecule has 1 aliphatic carbocycles. The zero-order valence-electron chi connectivity index (χ0n) is 16.1. The second-order valence-corrected chi connectivity index (χ2v) is 7.33. The first-order valence-corrected chi connectivity index (χ1v) is 9.46. The first-order chi connectivity index (χ1) is 14.2. The number of fused-ring (bicyclic) bond motifs is 1. The normalized spacial score (nSPS) is 14.0. The molecule has 0 atom stereocenters. The van der Waals surface area contributed by atoms with Crippen LogP contribution in [0.25, 0.3) is 11.0 Å². The molecule has 1 heterocycles. The number of aromatic nitrogens is 2. The predicted molar refractivity (Wildman–Crippen MR) is 105 cm³/mol. The number of alkyl halides is 3. The van der Waals surface area contributed by atoms with Crippen LogP contribution in [0.4, 0.5) is 18.9 Å². The van der Waals surface area contributed by atoms with E-state index in [4.69, 9.17) is 0 Å². The number of hydrogen-bond donors (Lipinski definition) is 2. The summed E-state index contributed by atoms with van der Waals surface area (Å²) in [6, 6.07) is 11.2. The number of nitrogens with one attached hydrogen (secondary N) is 2. The molecule has 0 bridgehead atoms. The molecule has 1 aliphatic rings. The summed E-state index contributed by atoms with van der Waals surface area (Å²) in [5.41, 5.74) is 1.83. The third kappa shape index (κ3) is 4.14. The number of carbonyl (C=O) groups is 2. The van der Waals surface area contributed by atoms with E-state index in [1.54, 1.807) is 31.2 Å². The lowest BCUT2D eigenvalue weighted by atomic mass is 10.1. The van der Waals surface area contributed by atoms with Crippen molar-refractivity contribution in [2.75, 3.05) is 5.32 Å². The van der Waals surface area contributed by atoms with E-state index in [1.165, 1.54) is 18.2 Å². The van der Waals surface area contributed by atoms with E-state index in [1.807, 2.05) is 0 Å². The average molecular weight is 416 g/mol. The molecule has 9 heteroatoms. The molecule has 1 saturated carbocycles. The lowest BCUT2D eigenvalue weighted by Crippen LogP contribution is -2.26. The molecule has 2 amide bonds. The van der Waals surface area contributed by atoms with Gasteiger partial charge in [-0.2, -0.15) is 13.2 Å². The molecule has 0 aliphatic heterocycles. The van der Waals surface area contributed by atoms with Crippen molar-refractivity contribution in [1.82, 2.24) is 14.9 Å². The lowest BCUT2D eigenvalue weighted by molar-refractivity contribution is -0.147. The fraction of sp³-hybridized carbons (Fsp3) is 0.286. The first-order valence-electron chi connectivity index (χ1n) is 9.46. The Bertz CT molecular complexity index is 1130. The lowest BCUT2D eigenvalue weighted by Gasteiger charge is -2.14. The number of nitrogens with zero attached hydrogens (tertiary/aromatic N) is 2. The van der Waals surface area contributed by atoms with Gasteiger partial charge in [0.25, 0.3) is 5.91 Å². The number of halogens is 3. The van der Waals surface area contributed by atoms with Crippen LogP contribution >= 0.6 is 0 Å². The van der Waals surface area contributed by atoms with Crippen LogP contribution in [0.3, 0.4) is 0 Å². The Kier molecular flexibility index (Phi) is 4.97. The third-order valence-electron chi connectivity index (χ3n) is 4.90. The number of amides is 2. The molecule has 4 rings (SSSR count). The number of imidazole rings is 1. The van der Waals surface area contributed by atoms with Gasteiger partial charge in [0.15, 0.2) is 0 Å². The van der Waals surface area contributed by atoms with Crippen molar-refractivity contribution < 1.29 is 22.8 Å². The molecule has 156 valence electrons. The van der Waals surface area contributed by atoms with Gasteiger partial charge in [0.05, 0.1) is 11.0 Å². The smallest absolute Gasteiger partial charge is 0.349 e. The Morgan fingerprint density at radius 3 is 2.60 bits per heavy atom. The molecule has 0 spiro atoms. The van der Waals surface area contributed by atoms with Crippen LogP contribution < -0.4 is 10.6 Å². The third-order valence-corrected chi connectivity index (χ3v) is 4.90. The molecule has 1 aromatic heterocycles. The van der Waals surface area contributed by atoms with E-state index >= 15 is 0 Å². The van der Waals surface area contributed by atoms with Crippen LogP contribution in [0.5, 0.6) is 0 Å². The van der Waals surface area contributed by atoms with Gasteiger partial charge in [-0.05, 0) is 49.6 Å². The largest absolute Gasteiger partial charge is 0.449 e. The van der Waals surface area contributed by atoms with Crippen molar-refractivity contribution in [2.24, 2.45) is 0 Å². The van der Waals surface area contributed by atoms with E-state index in [0.29, 0.717) is 16.8 Å². The highest BCUT2D eigenvalue weighted by atomic mass is 19.4. The van der Waals surface area contributed by atoms with Gasteiger partial charge in [-0.25, -0.2) is 4.98 Å². The van der Waals surface area contributed by atoms with Gasteiger partial charge in [-0.3, -0.25) is 9.59 Å². The quantitative estimate of drug-likeness (QED) is 0.663. The van der Waals surface area contributed by atoms with Crippen molar-refractivity contribution >= 4 is 28.5 Å². The van der Waals surface area contributed by atoms with Gasteiger partial charge in [0.2, 0.25) is 11.7 Å². The van der Waals surface area contributed by atoms with Crippen LogP contribution in [0, 0.1) is 6.92 Å². The van der Waals surface area contributed by atoms with Gasteiger partial charge < -0.3 is 15.2 Å². The first kappa shape index (κ1) is 19.9. The Balaban J connectivity index is 1.57.